The summed E-state index contributed by atoms with van der Waals surface area (Å²) in [5, 5.41) is 2.86. The average Bonchev–Trinajstić information content (AvgIpc) is 3.32. The Bertz CT molecular complexity index is 1080. The van der Waals surface area contributed by atoms with Crippen molar-refractivity contribution in [2.45, 2.75) is 63.0 Å². The number of nitrogens with zero attached hydrogens (tertiary/aromatic N) is 1. The number of amides is 1. The molecule has 1 aliphatic rings. The van der Waals surface area contributed by atoms with Crippen molar-refractivity contribution in [3.63, 3.8) is 0 Å². The molecule has 9 heteroatoms. The predicted octanol–water partition coefficient (Wildman–Crippen LogP) is 3.97. The van der Waals surface area contributed by atoms with Crippen molar-refractivity contribution < 1.29 is 22.7 Å². The van der Waals surface area contributed by atoms with Crippen molar-refractivity contribution in [3.8, 4) is 0 Å². The van der Waals surface area contributed by atoms with E-state index in [1.54, 1.807) is 32.0 Å². The second-order valence-electron chi connectivity index (χ2n) is 7.56. The van der Waals surface area contributed by atoms with E-state index in [-0.39, 0.29) is 29.5 Å². The molecule has 0 unspecified atom stereocenters. The highest BCUT2D eigenvalue weighted by Gasteiger charge is 2.53. The number of hydrogen-bond acceptors (Lipinski definition) is 7. The Hall–Kier alpha value is -2.26. The molecule has 1 heterocycles. The molecule has 1 aliphatic carbocycles. The fraction of sp³-hybridized carbons (Fsp3) is 0.476. The van der Waals surface area contributed by atoms with Crippen LogP contribution in [0.3, 0.4) is 0 Å². The van der Waals surface area contributed by atoms with Gasteiger partial charge < -0.3 is 10.1 Å². The van der Waals surface area contributed by atoms with Gasteiger partial charge in [-0.2, -0.15) is 0 Å². The van der Waals surface area contributed by atoms with Crippen LogP contribution in [0.25, 0.3) is 0 Å². The zero-order valence-electron chi connectivity index (χ0n) is 17.6. The molecular weight excluding hydrogens is 424 g/mol. The average molecular weight is 451 g/mol. The maximum atomic E-state index is 13.6. The second-order valence-corrected chi connectivity index (χ2v) is 10.8. The number of anilines is 1. The molecule has 162 valence electrons. The van der Waals surface area contributed by atoms with E-state index in [0.717, 1.165) is 22.5 Å². The number of benzene rings is 1. The van der Waals surface area contributed by atoms with Gasteiger partial charge in [-0.3, -0.25) is 4.79 Å². The highest BCUT2D eigenvalue weighted by atomic mass is 32.2. The van der Waals surface area contributed by atoms with Gasteiger partial charge >= 0.3 is 5.97 Å². The zero-order chi connectivity index (χ0) is 22.1. The lowest BCUT2D eigenvalue weighted by Gasteiger charge is -2.27. The van der Waals surface area contributed by atoms with E-state index in [9.17, 15) is 18.0 Å². The van der Waals surface area contributed by atoms with E-state index in [0.29, 0.717) is 23.4 Å². The van der Waals surface area contributed by atoms with Crippen LogP contribution in [0.5, 0.6) is 0 Å². The van der Waals surface area contributed by atoms with Crippen LogP contribution in [0.15, 0.2) is 23.1 Å². The molecule has 1 aromatic heterocycles. The number of carbonyl (C=O) groups is 2. The van der Waals surface area contributed by atoms with E-state index in [1.807, 2.05) is 13.8 Å². The van der Waals surface area contributed by atoms with Crippen molar-refractivity contribution >= 4 is 38.2 Å². The molecule has 2 aromatic rings. The summed E-state index contributed by atoms with van der Waals surface area (Å²) in [5.41, 5.74) is 2.29. The maximum Gasteiger partial charge on any atom is 0.350 e. The van der Waals surface area contributed by atoms with Gasteiger partial charge in [0, 0.05) is 0 Å². The number of esters is 1. The topological polar surface area (TPSA) is 102 Å². The lowest BCUT2D eigenvalue weighted by molar-refractivity contribution is -0.118. The summed E-state index contributed by atoms with van der Waals surface area (Å²) in [4.78, 5) is 30.0. The number of aromatic nitrogens is 1. The van der Waals surface area contributed by atoms with Crippen LogP contribution in [0.2, 0.25) is 0 Å². The van der Waals surface area contributed by atoms with Gasteiger partial charge in [0.2, 0.25) is 5.91 Å². The van der Waals surface area contributed by atoms with E-state index < -0.39 is 26.5 Å². The Morgan fingerprint density at radius 1 is 1.17 bits per heavy atom. The lowest BCUT2D eigenvalue weighted by atomic mass is 10.1. The third-order valence-electron chi connectivity index (χ3n) is 5.61. The van der Waals surface area contributed by atoms with Crippen molar-refractivity contribution in [1.82, 2.24) is 4.98 Å². The minimum Gasteiger partial charge on any atom is -0.462 e. The molecule has 1 N–H and O–H groups in total. The van der Waals surface area contributed by atoms with Crippen LogP contribution in [-0.2, 0) is 19.4 Å². The first-order valence-electron chi connectivity index (χ1n) is 9.90. The number of carbonyl (C=O) groups excluding carboxylic acids is 2. The largest absolute Gasteiger partial charge is 0.462 e. The van der Waals surface area contributed by atoms with Crippen molar-refractivity contribution in [2.24, 2.45) is 0 Å². The highest BCUT2D eigenvalue weighted by Crippen LogP contribution is 2.42. The first-order chi connectivity index (χ1) is 14.1. The van der Waals surface area contributed by atoms with E-state index in [2.05, 4.69) is 10.3 Å². The molecule has 0 radical (unpaired) electrons. The number of thiazole rings is 1. The molecule has 0 atom stereocenters. The SMILES string of the molecule is CCOC(=O)c1sc(NC(=O)C2(S(=O)(=O)c3ccc(C)c(C)c3)CCCC2)nc1C. The summed E-state index contributed by atoms with van der Waals surface area (Å²) in [6.45, 7) is 7.35. The normalized spacial score (nSPS) is 15.7. The van der Waals surface area contributed by atoms with Gasteiger partial charge in [-0.25, -0.2) is 18.2 Å². The number of ether oxygens (including phenoxy) is 1. The number of aryl methyl sites for hydroxylation is 3. The standard InChI is InChI=1S/C21H26N2O5S2/c1-5-28-18(24)17-15(4)22-20(29-17)23-19(25)21(10-6-7-11-21)30(26,27)16-9-8-13(2)14(3)12-16/h8-9,12H,5-7,10-11H2,1-4H3,(H,22,23,25). The Balaban J connectivity index is 1.94. The van der Waals surface area contributed by atoms with Gasteiger partial charge in [-0.15, -0.1) is 0 Å². The van der Waals surface area contributed by atoms with Crippen molar-refractivity contribution in [1.29, 1.82) is 0 Å². The number of sulfone groups is 1. The molecule has 0 aliphatic heterocycles. The van der Waals surface area contributed by atoms with Gasteiger partial charge in [-0.1, -0.05) is 30.2 Å². The summed E-state index contributed by atoms with van der Waals surface area (Å²) >= 11 is 0.992. The molecule has 1 saturated carbocycles. The monoisotopic (exact) mass is 450 g/mol. The third kappa shape index (κ3) is 3.88. The molecule has 3 rings (SSSR count). The summed E-state index contributed by atoms with van der Waals surface area (Å²) < 4.78 is 30.6. The molecule has 30 heavy (non-hydrogen) atoms. The number of hydrogen-bond donors (Lipinski definition) is 1. The molecular formula is C21H26N2O5S2. The molecule has 0 saturated heterocycles. The van der Waals surface area contributed by atoms with Gasteiger partial charge in [0.15, 0.2) is 19.7 Å². The van der Waals surface area contributed by atoms with Gasteiger partial charge in [0.25, 0.3) is 0 Å². The minimum atomic E-state index is -3.91. The van der Waals surface area contributed by atoms with Crippen molar-refractivity contribution in [3.05, 3.63) is 39.9 Å². The van der Waals surface area contributed by atoms with Crippen LogP contribution in [0.1, 0.15) is 59.1 Å². The van der Waals surface area contributed by atoms with Gasteiger partial charge in [0.1, 0.15) is 4.88 Å². The Kier molecular flexibility index (Phi) is 6.33. The minimum absolute atomic E-state index is 0.158. The van der Waals surface area contributed by atoms with E-state index in [4.69, 9.17) is 4.74 Å². The number of rotatable bonds is 6. The van der Waals surface area contributed by atoms with E-state index in [1.165, 1.54) is 0 Å². The molecule has 1 amide bonds. The van der Waals surface area contributed by atoms with Crippen LogP contribution < -0.4 is 5.32 Å². The summed E-state index contributed by atoms with van der Waals surface area (Å²) in [6.07, 6.45) is 1.82. The Labute approximate surface area is 180 Å². The summed E-state index contributed by atoms with van der Waals surface area (Å²) in [5.74, 6) is -1.10. The Morgan fingerprint density at radius 3 is 2.43 bits per heavy atom. The molecule has 7 nitrogen and oxygen atoms in total. The quantitative estimate of drug-likeness (QED) is 0.668. The molecule has 0 spiro atoms. The first kappa shape index (κ1) is 22.4. The fourth-order valence-corrected chi connectivity index (χ4v) is 6.72. The smallest absolute Gasteiger partial charge is 0.350 e. The summed E-state index contributed by atoms with van der Waals surface area (Å²) in [6, 6.07) is 4.96. The van der Waals surface area contributed by atoms with Crippen molar-refractivity contribution in [2.75, 3.05) is 11.9 Å². The molecule has 0 bridgehead atoms. The lowest BCUT2D eigenvalue weighted by Crippen LogP contribution is -2.47. The first-order valence-corrected chi connectivity index (χ1v) is 12.2. The van der Waals surface area contributed by atoms with E-state index >= 15 is 0 Å². The zero-order valence-corrected chi connectivity index (χ0v) is 19.2. The molecule has 1 aromatic carbocycles. The van der Waals surface area contributed by atoms with Gasteiger partial charge in [-0.05, 0) is 63.8 Å². The fourth-order valence-electron chi connectivity index (χ4n) is 3.72. The second kappa shape index (κ2) is 8.47. The van der Waals surface area contributed by atoms with Crippen LogP contribution >= 0.6 is 11.3 Å². The van der Waals surface area contributed by atoms with Gasteiger partial charge in [0.05, 0.1) is 17.2 Å². The maximum absolute atomic E-state index is 13.6. The van der Waals surface area contributed by atoms with Crippen LogP contribution in [0.4, 0.5) is 5.13 Å². The Morgan fingerprint density at radius 2 is 1.83 bits per heavy atom. The third-order valence-corrected chi connectivity index (χ3v) is 9.16. The van der Waals surface area contributed by atoms with Crippen LogP contribution in [-0.4, -0.2) is 36.6 Å². The predicted molar refractivity (Wildman–Crippen MR) is 116 cm³/mol. The molecule has 1 fully saturated rings. The number of nitrogens with one attached hydrogen (secondary N) is 1. The van der Waals surface area contributed by atoms with Crippen LogP contribution in [0, 0.1) is 20.8 Å². The highest BCUT2D eigenvalue weighted by molar-refractivity contribution is 7.93. The summed E-state index contributed by atoms with van der Waals surface area (Å²) in [7, 11) is -3.91.